The first-order valence-corrected chi connectivity index (χ1v) is 21.3. The number of methoxy groups -OCH3 is 2. The van der Waals surface area contributed by atoms with Gasteiger partial charge in [-0.05, 0) is 83.5 Å². The van der Waals surface area contributed by atoms with Crippen molar-refractivity contribution >= 4 is 11.9 Å². The number of ether oxygens (including phenoxy) is 9. The van der Waals surface area contributed by atoms with Crippen LogP contribution >= 0.6 is 0 Å². The Hall–Kier alpha value is -1.38. The number of hydrogen-bond acceptors (Lipinski definition) is 12. The Morgan fingerprint density at radius 1 is 0.836 bits per heavy atom. The van der Waals surface area contributed by atoms with Gasteiger partial charge in [0.2, 0.25) is 5.79 Å². The Balaban J connectivity index is 1.12. The van der Waals surface area contributed by atoms with E-state index in [2.05, 4.69) is 48.5 Å². The molecule has 6 aliphatic heterocycles. The van der Waals surface area contributed by atoms with Crippen molar-refractivity contribution in [2.75, 3.05) is 20.8 Å². The second-order valence-corrected chi connectivity index (χ2v) is 19.2. The molecule has 6 rings (SSSR count). The van der Waals surface area contributed by atoms with Gasteiger partial charge in [0.25, 0.3) is 0 Å². The van der Waals surface area contributed by atoms with Gasteiger partial charge in [-0.1, -0.05) is 41.5 Å². The van der Waals surface area contributed by atoms with E-state index in [1.807, 2.05) is 13.8 Å². The summed E-state index contributed by atoms with van der Waals surface area (Å²) >= 11 is 0. The number of hydrogen-bond donors (Lipinski definition) is 1. The Morgan fingerprint density at radius 3 is 2.24 bits per heavy atom. The van der Waals surface area contributed by atoms with Gasteiger partial charge in [-0.15, -0.1) is 0 Å². The molecule has 6 aliphatic rings. The molecule has 0 bridgehead atoms. The van der Waals surface area contributed by atoms with Crippen LogP contribution in [-0.4, -0.2) is 109 Å². The molecule has 0 saturated carbocycles. The zero-order valence-electron chi connectivity index (χ0n) is 35.7. The molecule has 6 fully saturated rings. The standard InChI is InChI=1S/C43H72O12/c1-23-13-14-31(50-36(23)28(6)39(45)48-12)19-32-20-33(47-11)29(7)43(52-32)27(5)21-41(10,55-43)35-15-16-40(9,53-35)38-25(3)18-34(51-38)37-24(2)17-26(4)42(46,54-37)22-49-30(8)44/h23-29,31-38,46H,13-22H2,1-12H3/t23-,24-,25-,26+,27+,28+,29+,31+,32+,33+,34+,35+,36+,37-,38+,40-,41-,42-,43+/m0/s1. The van der Waals surface area contributed by atoms with Gasteiger partial charge >= 0.3 is 11.9 Å². The largest absolute Gasteiger partial charge is 0.469 e. The van der Waals surface area contributed by atoms with Crippen molar-refractivity contribution in [1.29, 1.82) is 0 Å². The summed E-state index contributed by atoms with van der Waals surface area (Å²) in [6, 6.07) is 0. The fourth-order valence-electron chi connectivity index (χ4n) is 11.6. The van der Waals surface area contributed by atoms with Crippen molar-refractivity contribution < 1.29 is 57.3 Å². The van der Waals surface area contributed by atoms with E-state index < -0.39 is 28.7 Å². The molecule has 0 aliphatic carbocycles. The molecular weight excluding hydrogens is 708 g/mol. The number of carbonyl (C=O) groups excluding carboxylic acids is 2. The van der Waals surface area contributed by atoms with E-state index in [0.717, 1.165) is 51.4 Å². The van der Waals surface area contributed by atoms with Crippen LogP contribution in [0.5, 0.6) is 0 Å². The van der Waals surface area contributed by atoms with Gasteiger partial charge in [0, 0.05) is 44.6 Å². The molecule has 0 aromatic heterocycles. The minimum Gasteiger partial charge on any atom is -0.469 e. The average molecular weight is 781 g/mol. The molecule has 12 heteroatoms. The van der Waals surface area contributed by atoms with Crippen LogP contribution in [0.2, 0.25) is 0 Å². The minimum absolute atomic E-state index is 0.00334. The summed E-state index contributed by atoms with van der Waals surface area (Å²) in [5.41, 5.74) is -1.12. The van der Waals surface area contributed by atoms with E-state index in [0.29, 0.717) is 6.42 Å². The van der Waals surface area contributed by atoms with E-state index in [9.17, 15) is 14.7 Å². The van der Waals surface area contributed by atoms with E-state index >= 15 is 0 Å². The number of esters is 2. The van der Waals surface area contributed by atoms with Crippen LogP contribution in [0.3, 0.4) is 0 Å². The highest BCUT2D eigenvalue weighted by Crippen LogP contribution is 2.57. The fourth-order valence-corrected chi connectivity index (χ4v) is 11.6. The number of rotatable bonds is 10. The van der Waals surface area contributed by atoms with Crippen LogP contribution < -0.4 is 0 Å². The Bertz CT molecular complexity index is 1360. The molecule has 55 heavy (non-hydrogen) atoms. The highest BCUT2D eigenvalue weighted by Gasteiger charge is 2.65. The molecular formula is C43H72O12. The smallest absolute Gasteiger partial charge is 0.311 e. The second kappa shape index (κ2) is 16.3. The lowest BCUT2D eigenvalue weighted by molar-refractivity contribution is -0.353. The van der Waals surface area contributed by atoms with Gasteiger partial charge in [0.05, 0.1) is 73.1 Å². The fraction of sp³-hybridized carbons (Fsp3) is 0.953. The molecule has 6 heterocycles. The number of aliphatic hydroxyl groups is 1. The molecule has 316 valence electrons. The zero-order valence-corrected chi connectivity index (χ0v) is 35.7. The van der Waals surface area contributed by atoms with Gasteiger partial charge in [-0.3, -0.25) is 9.59 Å². The first-order valence-electron chi connectivity index (χ1n) is 21.3. The van der Waals surface area contributed by atoms with Crippen LogP contribution in [-0.2, 0) is 52.2 Å². The van der Waals surface area contributed by atoms with Gasteiger partial charge in [0.1, 0.15) is 6.61 Å². The van der Waals surface area contributed by atoms with Crippen LogP contribution in [0, 0.1) is 41.4 Å². The summed E-state index contributed by atoms with van der Waals surface area (Å²) in [5.74, 6) is -2.89. The van der Waals surface area contributed by atoms with E-state index in [1.165, 1.54) is 14.0 Å². The normalized spacial score (nSPS) is 50.9. The highest BCUT2D eigenvalue weighted by molar-refractivity contribution is 5.72. The molecule has 0 aromatic carbocycles. The molecule has 0 unspecified atom stereocenters. The van der Waals surface area contributed by atoms with Crippen molar-refractivity contribution in [3.05, 3.63) is 0 Å². The van der Waals surface area contributed by atoms with Crippen LogP contribution in [0.15, 0.2) is 0 Å². The van der Waals surface area contributed by atoms with Crippen LogP contribution in [0.25, 0.3) is 0 Å². The Labute approximate surface area is 329 Å². The predicted octanol–water partition coefficient (Wildman–Crippen LogP) is 6.36. The third-order valence-electron chi connectivity index (χ3n) is 14.9. The summed E-state index contributed by atoms with van der Waals surface area (Å²) in [6.07, 6.45) is 6.04. The minimum atomic E-state index is -1.56. The molecule has 12 nitrogen and oxygen atoms in total. The van der Waals surface area contributed by atoms with E-state index in [4.69, 9.17) is 42.6 Å². The van der Waals surface area contributed by atoms with Crippen molar-refractivity contribution in [2.24, 2.45) is 41.4 Å². The van der Waals surface area contributed by atoms with Gasteiger partial charge in [-0.2, -0.15) is 0 Å². The van der Waals surface area contributed by atoms with Crippen LogP contribution in [0.4, 0.5) is 0 Å². The summed E-state index contributed by atoms with van der Waals surface area (Å²) < 4.78 is 57.9. The SMILES string of the molecule is COC(=O)[C@H](C)[C@@H]1O[C@@H](C[C@@H]2C[C@@H](OC)[C@@H](C)[C@]3(O2)O[C@](C)([C@H]2CC[C@@](C)([C@@H]4O[C@@H]([C@H]5O[C@@](O)(COC(C)=O)[C@H](C)C[C@@H]5C)C[C@@H]4C)O2)C[C@H]3C)CC[C@@H]1C. The summed E-state index contributed by atoms with van der Waals surface area (Å²) in [7, 11) is 3.22. The maximum absolute atomic E-state index is 12.4. The first kappa shape index (κ1) is 43.2. The molecule has 0 aromatic rings. The monoisotopic (exact) mass is 781 g/mol. The maximum atomic E-state index is 12.4. The van der Waals surface area contributed by atoms with Crippen molar-refractivity contribution in [3.63, 3.8) is 0 Å². The van der Waals surface area contributed by atoms with Crippen molar-refractivity contribution in [2.45, 2.75) is 199 Å². The van der Waals surface area contributed by atoms with Crippen LogP contribution in [0.1, 0.15) is 127 Å². The Kier molecular flexibility index (Phi) is 12.8. The van der Waals surface area contributed by atoms with E-state index in [1.54, 1.807) is 7.11 Å². The van der Waals surface area contributed by atoms with Gasteiger partial charge in [-0.25, -0.2) is 0 Å². The molecule has 0 amide bonds. The first-order chi connectivity index (χ1) is 25.8. The molecule has 1 N–H and O–H groups in total. The quantitative estimate of drug-likeness (QED) is 0.247. The maximum Gasteiger partial charge on any atom is 0.311 e. The third-order valence-corrected chi connectivity index (χ3v) is 14.9. The van der Waals surface area contributed by atoms with E-state index in [-0.39, 0.29) is 103 Å². The van der Waals surface area contributed by atoms with Gasteiger partial charge < -0.3 is 47.7 Å². The summed E-state index contributed by atoms with van der Waals surface area (Å²) in [5, 5.41) is 11.4. The molecule has 0 radical (unpaired) electrons. The average Bonchev–Trinajstić information content (AvgIpc) is 3.81. The summed E-state index contributed by atoms with van der Waals surface area (Å²) in [6.45, 7) is 20.3. The second-order valence-electron chi connectivity index (χ2n) is 19.2. The number of carbonyl (C=O) groups is 2. The van der Waals surface area contributed by atoms with Crippen molar-refractivity contribution in [3.8, 4) is 0 Å². The summed E-state index contributed by atoms with van der Waals surface area (Å²) in [4.78, 5) is 24.0. The Morgan fingerprint density at radius 2 is 1.56 bits per heavy atom. The van der Waals surface area contributed by atoms with Gasteiger partial charge in [0.15, 0.2) is 5.79 Å². The zero-order chi connectivity index (χ0) is 40.2. The topological polar surface area (TPSA) is 137 Å². The lowest BCUT2D eigenvalue weighted by atomic mass is 9.78. The lowest BCUT2D eigenvalue weighted by Gasteiger charge is -2.50. The molecule has 19 atom stereocenters. The lowest BCUT2D eigenvalue weighted by Crippen LogP contribution is -2.58. The molecule has 6 saturated heterocycles. The third kappa shape index (κ3) is 8.28. The molecule has 1 spiro atoms. The highest BCUT2D eigenvalue weighted by atomic mass is 16.7. The predicted molar refractivity (Wildman–Crippen MR) is 203 cm³/mol. The van der Waals surface area contributed by atoms with Crippen molar-refractivity contribution in [1.82, 2.24) is 0 Å².